The summed E-state index contributed by atoms with van der Waals surface area (Å²) in [6.07, 6.45) is 0.633. The molecule has 178 valence electrons. The van der Waals surface area contributed by atoms with E-state index in [4.69, 9.17) is 11.6 Å². The highest BCUT2D eigenvalue weighted by atomic mass is 35.5. The summed E-state index contributed by atoms with van der Waals surface area (Å²) in [6.45, 7) is 8.20. The number of benzene rings is 3. The first-order chi connectivity index (χ1) is 16.2. The zero-order valence-corrected chi connectivity index (χ0v) is 21.1. The molecule has 0 aromatic heterocycles. The maximum atomic E-state index is 13.7. The largest absolute Gasteiger partial charge is 0.352 e. The van der Waals surface area contributed by atoms with Crippen molar-refractivity contribution in [2.45, 2.75) is 59.2 Å². The van der Waals surface area contributed by atoms with Gasteiger partial charge in [0.1, 0.15) is 6.04 Å². The van der Waals surface area contributed by atoms with E-state index in [-0.39, 0.29) is 30.8 Å². The Bertz CT molecular complexity index is 1130. The van der Waals surface area contributed by atoms with Crippen molar-refractivity contribution in [2.24, 2.45) is 0 Å². The molecule has 1 atom stereocenters. The van der Waals surface area contributed by atoms with Crippen LogP contribution in [0.4, 0.5) is 0 Å². The lowest BCUT2D eigenvalue weighted by atomic mass is 10.00. The predicted molar refractivity (Wildman–Crippen MR) is 139 cm³/mol. The molecule has 0 aliphatic rings. The number of halogens is 1. The van der Waals surface area contributed by atoms with Crippen LogP contribution in [0.3, 0.4) is 0 Å². The van der Waals surface area contributed by atoms with Crippen molar-refractivity contribution in [1.82, 2.24) is 10.2 Å². The van der Waals surface area contributed by atoms with Crippen LogP contribution in [0.15, 0.2) is 72.8 Å². The lowest BCUT2D eigenvalue weighted by Crippen LogP contribution is -2.52. The Kier molecular flexibility index (Phi) is 8.89. The molecule has 0 radical (unpaired) electrons. The quantitative estimate of drug-likeness (QED) is 0.433. The number of carbonyl (C=O) groups excluding carboxylic acids is 2. The molecule has 0 saturated carbocycles. The van der Waals surface area contributed by atoms with Gasteiger partial charge in [-0.1, -0.05) is 78.3 Å². The fourth-order valence-electron chi connectivity index (χ4n) is 3.93. The van der Waals surface area contributed by atoms with Crippen LogP contribution in [0, 0.1) is 13.8 Å². The van der Waals surface area contributed by atoms with Gasteiger partial charge in [0, 0.05) is 24.0 Å². The fraction of sp³-hybridized carbons (Fsp3) is 0.310. The molecule has 34 heavy (non-hydrogen) atoms. The predicted octanol–water partition coefficient (Wildman–Crippen LogP) is 5.66. The van der Waals surface area contributed by atoms with E-state index in [1.165, 1.54) is 5.56 Å². The van der Waals surface area contributed by atoms with Gasteiger partial charge < -0.3 is 10.2 Å². The molecule has 1 N–H and O–H groups in total. The summed E-state index contributed by atoms with van der Waals surface area (Å²) in [5.41, 5.74) is 5.06. The lowest BCUT2D eigenvalue weighted by molar-refractivity contribution is -0.141. The highest BCUT2D eigenvalue weighted by Crippen LogP contribution is 2.22. The summed E-state index contributed by atoms with van der Waals surface area (Å²) in [7, 11) is 0. The summed E-state index contributed by atoms with van der Waals surface area (Å²) in [4.78, 5) is 28.8. The van der Waals surface area contributed by atoms with E-state index in [1.54, 1.807) is 4.90 Å². The number of nitrogens with one attached hydrogen (secondary N) is 1. The smallest absolute Gasteiger partial charge is 0.243 e. The van der Waals surface area contributed by atoms with E-state index >= 15 is 0 Å². The summed E-state index contributed by atoms with van der Waals surface area (Å²) < 4.78 is 0. The molecule has 0 fully saturated rings. The highest BCUT2D eigenvalue weighted by Gasteiger charge is 2.31. The number of hydrogen-bond acceptors (Lipinski definition) is 2. The van der Waals surface area contributed by atoms with E-state index in [2.05, 4.69) is 12.2 Å². The zero-order valence-electron chi connectivity index (χ0n) is 20.3. The lowest BCUT2D eigenvalue weighted by Gasteiger charge is -2.32. The van der Waals surface area contributed by atoms with Gasteiger partial charge >= 0.3 is 0 Å². The second-order valence-corrected chi connectivity index (χ2v) is 9.48. The Labute approximate surface area is 207 Å². The molecule has 4 nitrogen and oxygen atoms in total. The second-order valence-electron chi connectivity index (χ2n) is 9.08. The van der Waals surface area contributed by atoms with Gasteiger partial charge in [-0.05, 0) is 61.6 Å². The number of rotatable bonds is 9. The van der Waals surface area contributed by atoms with Crippen LogP contribution in [-0.2, 0) is 29.0 Å². The maximum Gasteiger partial charge on any atom is 0.243 e. The third-order valence-corrected chi connectivity index (χ3v) is 6.30. The van der Waals surface area contributed by atoms with Crippen molar-refractivity contribution in [1.29, 1.82) is 0 Å². The Morgan fingerprint density at radius 2 is 1.56 bits per heavy atom. The molecular weight excluding hydrogens is 444 g/mol. The third kappa shape index (κ3) is 6.94. The Morgan fingerprint density at radius 1 is 0.882 bits per heavy atom. The molecule has 5 heteroatoms. The van der Waals surface area contributed by atoms with Crippen LogP contribution in [0.1, 0.15) is 41.7 Å². The van der Waals surface area contributed by atoms with Gasteiger partial charge in [0.25, 0.3) is 0 Å². The van der Waals surface area contributed by atoms with Crippen LogP contribution >= 0.6 is 11.6 Å². The number of nitrogens with zero attached hydrogens (tertiary/aromatic N) is 1. The first kappa shape index (κ1) is 25.5. The number of amides is 2. The minimum atomic E-state index is -0.667. The molecule has 3 aromatic carbocycles. The van der Waals surface area contributed by atoms with Crippen molar-refractivity contribution in [3.8, 4) is 0 Å². The van der Waals surface area contributed by atoms with Crippen molar-refractivity contribution < 1.29 is 9.59 Å². The van der Waals surface area contributed by atoms with E-state index < -0.39 is 6.04 Å². The molecule has 2 amide bonds. The summed E-state index contributed by atoms with van der Waals surface area (Å²) in [6, 6.07) is 22.6. The average Bonchev–Trinajstić information content (AvgIpc) is 2.80. The molecule has 0 saturated heterocycles. The van der Waals surface area contributed by atoms with Gasteiger partial charge in [0.05, 0.1) is 6.42 Å². The molecule has 3 aromatic rings. The van der Waals surface area contributed by atoms with Crippen LogP contribution in [-0.4, -0.2) is 28.8 Å². The first-order valence-corrected chi connectivity index (χ1v) is 12.1. The standard InChI is InChI=1S/C29H33ClN2O2/c1-20(2)31-29(34)27(17-23-10-6-5-7-11-23)32(19-25-12-8-9-13-26(25)30)28(33)18-24-15-14-21(3)22(4)16-24/h5-16,20,27H,17-19H2,1-4H3,(H,31,34)/t27-/m1/s1. The monoisotopic (exact) mass is 476 g/mol. The molecule has 0 aliphatic carbocycles. The van der Waals surface area contributed by atoms with Crippen LogP contribution in [0.2, 0.25) is 5.02 Å². The van der Waals surface area contributed by atoms with Crippen LogP contribution in [0.25, 0.3) is 0 Å². The van der Waals surface area contributed by atoms with Crippen molar-refractivity contribution in [2.75, 3.05) is 0 Å². The van der Waals surface area contributed by atoms with Crippen LogP contribution < -0.4 is 5.32 Å². The van der Waals surface area contributed by atoms with Crippen molar-refractivity contribution in [3.05, 3.63) is 106 Å². The SMILES string of the molecule is Cc1ccc(CC(=O)N(Cc2ccccc2Cl)[C@H](Cc2ccccc2)C(=O)NC(C)C)cc1C. The molecule has 0 aliphatic heterocycles. The Balaban J connectivity index is 1.99. The van der Waals surface area contributed by atoms with Gasteiger partial charge in [-0.3, -0.25) is 9.59 Å². The zero-order chi connectivity index (χ0) is 24.7. The molecule has 0 heterocycles. The van der Waals surface area contributed by atoms with E-state index in [0.29, 0.717) is 11.4 Å². The first-order valence-electron chi connectivity index (χ1n) is 11.7. The second kappa shape index (κ2) is 11.8. The number of hydrogen-bond donors (Lipinski definition) is 1. The normalized spacial score (nSPS) is 11.8. The number of carbonyl (C=O) groups is 2. The van der Waals surface area contributed by atoms with E-state index in [9.17, 15) is 9.59 Å². The molecule has 0 bridgehead atoms. The van der Waals surface area contributed by atoms with E-state index in [0.717, 1.165) is 22.3 Å². The summed E-state index contributed by atoms with van der Waals surface area (Å²) in [5.74, 6) is -0.276. The van der Waals surface area contributed by atoms with Gasteiger partial charge in [0.15, 0.2) is 0 Å². The molecule has 0 unspecified atom stereocenters. The topological polar surface area (TPSA) is 49.4 Å². The fourth-order valence-corrected chi connectivity index (χ4v) is 4.13. The van der Waals surface area contributed by atoms with Gasteiger partial charge in [0.2, 0.25) is 11.8 Å². The molecular formula is C29H33ClN2O2. The number of aryl methyl sites for hydroxylation is 2. The summed E-state index contributed by atoms with van der Waals surface area (Å²) in [5, 5.41) is 3.59. The maximum absolute atomic E-state index is 13.7. The van der Waals surface area contributed by atoms with Crippen molar-refractivity contribution >= 4 is 23.4 Å². The third-order valence-electron chi connectivity index (χ3n) is 5.93. The van der Waals surface area contributed by atoms with E-state index in [1.807, 2.05) is 93.6 Å². The highest BCUT2D eigenvalue weighted by molar-refractivity contribution is 6.31. The molecule has 0 spiro atoms. The minimum Gasteiger partial charge on any atom is -0.352 e. The Morgan fingerprint density at radius 3 is 2.21 bits per heavy atom. The molecule has 3 rings (SSSR count). The van der Waals surface area contributed by atoms with Gasteiger partial charge in [-0.25, -0.2) is 0 Å². The van der Waals surface area contributed by atoms with Gasteiger partial charge in [-0.2, -0.15) is 0 Å². The van der Waals surface area contributed by atoms with Gasteiger partial charge in [-0.15, -0.1) is 0 Å². The Hall–Kier alpha value is -3.11. The average molecular weight is 477 g/mol. The van der Waals surface area contributed by atoms with Crippen LogP contribution in [0.5, 0.6) is 0 Å². The van der Waals surface area contributed by atoms with Crippen molar-refractivity contribution in [3.63, 3.8) is 0 Å². The summed E-state index contributed by atoms with van der Waals surface area (Å²) >= 11 is 6.46. The minimum absolute atomic E-state index is 0.0391.